The highest BCUT2D eigenvalue weighted by Gasteiger charge is 2.69. The molecule has 1 spiro atoms. The van der Waals surface area contributed by atoms with Crippen LogP contribution in [0.2, 0.25) is 18.1 Å². The topological polar surface area (TPSA) is 96.7 Å². The second kappa shape index (κ2) is 11.4. The number of unbranched alkanes of at least 4 members (excludes halogenated alkanes) is 1. The highest BCUT2D eigenvalue weighted by Crippen LogP contribution is 2.72. The minimum absolute atomic E-state index is 0.0444. The van der Waals surface area contributed by atoms with E-state index in [1.54, 1.807) is 6.20 Å². The van der Waals surface area contributed by atoms with E-state index in [4.69, 9.17) is 8.84 Å². The molecule has 0 aromatic carbocycles. The molecule has 1 unspecified atom stereocenters. The Bertz CT molecular complexity index is 1100. The number of carbonyl (C=O) groups excluding carboxylic acids is 2. The van der Waals surface area contributed by atoms with Gasteiger partial charge < -0.3 is 24.4 Å². The Kier molecular flexibility index (Phi) is 8.39. The normalized spacial score (nSPS) is 27.9. The van der Waals surface area contributed by atoms with Crippen LogP contribution in [0.3, 0.4) is 0 Å². The van der Waals surface area contributed by atoms with Gasteiger partial charge in [0.05, 0.1) is 24.6 Å². The van der Waals surface area contributed by atoms with Crippen LogP contribution in [0.25, 0.3) is 0 Å². The summed E-state index contributed by atoms with van der Waals surface area (Å²) in [6, 6.07) is 0. The fourth-order valence-corrected chi connectivity index (χ4v) is 8.40. The summed E-state index contributed by atoms with van der Waals surface area (Å²) in [5.74, 6) is 0.826. The molecule has 5 rings (SSSR count). The second-order valence-corrected chi connectivity index (χ2v) is 18.9. The van der Waals surface area contributed by atoms with Gasteiger partial charge in [-0.15, -0.1) is 0 Å². The van der Waals surface area contributed by atoms with Crippen molar-refractivity contribution < 1.29 is 18.4 Å². The van der Waals surface area contributed by atoms with Crippen LogP contribution in [0.1, 0.15) is 84.0 Å². The average Bonchev–Trinajstić information content (AvgIpc) is 3.24. The Balaban J connectivity index is 1.15. The molecular formula is C31H50N4O4Si. The number of nitrogens with zero attached hydrogens (tertiary/aromatic N) is 2. The van der Waals surface area contributed by atoms with Gasteiger partial charge in [-0.25, -0.2) is 4.98 Å². The third kappa shape index (κ3) is 5.84. The maximum Gasteiger partial charge on any atom is 0.224 e. The molecule has 2 N–H and O–H groups in total. The van der Waals surface area contributed by atoms with Crippen LogP contribution in [0.5, 0.6) is 0 Å². The first-order valence-corrected chi connectivity index (χ1v) is 18.4. The molecule has 4 aliphatic rings. The average molecular weight is 571 g/mol. The number of likely N-dealkylation sites (tertiary alicyclic amines) is 1. The van der Waals surface area contributed by atoms with Gasteiger partial charge in [0.15, 0.2) is 8.32 Å². The number of oxazole rings is 1. The fraction of sp³-hybridized carbons (Fsp3) is 0.774. The molecule has 1 saturated heterocycles. The Hall–Kier alpha value is -1.97. The third-order valence-corrected chi connectivity index (χ3v) is 15.0. The van der Waals surface area contributed by atoms with Crippen molar-refractivity contribution in [3.63, 3.8) is 0 Å². The molecule has 5 atom stereocenters. The van der Waals surface area contributed by atoms with Crippen molar-refractivity contribution in [3.05, 3.63) is 30.0 Å². The molecule has 1 aromatic rings. The highest BCUT2D eigenvalue weighted by molar-refractivity contribution is 6.74. The first-order valence-electron chi connectivity index (χ1n) is 15.5. The monoisotopic (exact) mass is 570 g/mol. The van der Waals surface area contributed by atoms with Crippen LogP contribution in [0, 0.1) is 29.1 Å². The smallest absolute Gasteiger partial charge is 0.224 e. The van der Waals surface area contributed by atoms with E-state index >= 15 is 0 Å². The highest BCUT2D eigenvalue weighted by atomic mass is 28.4. The molecule has 1 aliphatic heterocycles. The van der Waals surface area contributed by atoms with Gasteiger partial charge in [-0.2, -0.15) is 0 Å². The van der Waals surface area contributed by atoms with Crippen LogP contribution < -0.4 is 10.6 Å². The van der Waals surface area contributed by atoms with E-state index in [-0.39, 0.29) is 58.6 Å². The van der Waals surface area contributed by atoms with E-state index in [2.05, 4.69) is 66.5 Å². The molecule has 2 heterocycles. The van der Waals surface area contributed by atoms with Gasteiger partial charge in [0.2, 0.25) is 17.7 Å². The quantitative estimate of drug-likeness (QED) is 0.204. The van der Waals surface area contributed by atoms with Gasteiger partial charge in [-0.3, -0.25) is 9.59 Å². The number of allylic oxidation sites excluding steroid dienone is 2. The molecule has 8 nitrogen and oxygen atoms in total. The predicted octanol–water partition coefficient (Wildman–Crippen LogP) is 5.19. The molecule has 0 radical (unpaired) electrons. The zero-order chi connectivity index (χ0) is 28.7. The molecule has 9 heteroatoms. The van der Waals surface area contributed by atoms with Crippen molar-refractivity contribution in [3.8, 4) is 0 Å². The number of amides is 2. The minimum atomic E-state index is -1.97. The lowest BCUT2D eigenvalue weighted by atomic mass is 9.81. The van der Waals surface area contributed by atoms with Crippen LogP contribution in [-0.4, -0.2) is 56.2 Å². The Morgan fingerprint density at radius 1 is 1.10 bits per heavy atom. The Labute approximate surface area is 241 Å². The second-order valence-electron chi connectivity index (χ2n) is 14.2. The SMILES string of the molecule is CC(O[Si](C)(C)C(C)(C)C)c1ncc(CNC(=O)[C@H]2[C@H](C(=O)NCCCCN3CCCC3)[C@H]3C=C[C@@H]2C32CC2)o1. The maximum absolute atomic E-state index is 13.6. The predicted molar refractivity (Wildman–Crippen MR) is 158 cm³/mol. The van der Waals surface area contributed by atoms with Crippen LogP contribution in [-0.2, 0) is 20.6 Å². The molecule has 2 amide bonds. The number of rotatable bonds is 12. The van der Waals surface area contributed by atoms with Crippen molar-refractivity contribution in [1.82, 2.24) is 20.5 Å². The summed E-state index contributed by atoms with van der Waals surface area (Å²) in [5, 5.41) is 6.37. The Morgan fingerprint density at radius 3 is 2.33 bits per heavy atom. The largest absolute Gasteiger partial charge is 0.441 e. The fourth-order valence-electron chi connectivity index (χ4n) is 7.06. The summed E-state index contributed by atoms with van der Waals surface area (Å²) < 4.78 is 12.4. The molecule has 2 bridgehead atoms. The third-order valence-electron chi connectivity index (χ3n) is 10.5. The van der Waals surface area contributed by atoms with Crippen molar-refractivity contribution >= 4 is 20.1 Å². The number of hydrogen-bond acceptors (Lipinski definition) is 6. The molecule has 3 fully saturated rings. The van der Waals surface area contributed by atoms with Gasteiger partial charge in [0.25, 0.3) is 0 Å². The van der Waals surface area contributed by atoms with E-state index in [0.29, 0.717) is 18.2 Å². The Morgan fingerprint density at radius 2 is 1.73 bits per heavy atom. The lowest BCUT2D eigenvalue weighted by molar-refractivity contribution is -0.135. The summed E-state index contributed by atoms with van der Waals surface area (Å²) in [6.07, 6.45) is 12.8. The van der Waals surface area contributed by atoms with Gasteiger partial charge in [0, 0.05) is 6.54 Å². The van der Waals surface area contributed by atoms with Crippen molar-refractivity contribution in [2.24, 2.45) is 29.1 Å². The summed E-state index contributed by atoms with van der Waals surface area (Å²) in [6.45, 7) is 17.5. The molecular weight excluding hydrogens is 520 g/mol. The van der Waals surface area contributed by atoms with E-state index < -0.39 is 8.32 Å². The van der Waals surface area contributed by atoms with E-state index in [1.807, 2.05) is 6.92 Å². The molecule has 2 saturated carbocycles. The van der Waals surface area contributed by atoms with E-state index in [0.717, 1.165) is 32.2 Å². The first-order chi connectivity index (χ1) is 18.9. The van der Waals surface area contributed by atoms with Crippen molar-refractivity contribution in [2.75, 3.05) is 26.2 Å². The molecule has 3 aliphatic carbocycles. The van der Waals surface area contributed by atoms with E-state index in [1.165, 1.54) is 25.9 Å². The zero-order valence-electron chi connectivity index (χ0n) is 25.4. The van der Waals surface area contributed by atoms with Gasteiger partial charge in [-0.1, -0.05) is 32.9 Å². The lowest BCUT2D eigenvalue weighted by Crippen LogP contribution is -2.44. The number of hydrogen-bond donors (Lipinski definition) is 2. The van der Waals surface area contributed by atoms with Gasteiger partial charge >= 0.3 is 0 Å². The van der Waals surface area contributed by atoms with Crippen LogP contribution >= 0.6 is 0 Å². The van der Waals surface area contributed by atoms with Crippen molar-refractivity contribution in [1.29, 1.82) is 0 Å². The summed E-state index contributed by atoms with van der Waals surface area (Å²) in [7, 11) is -1.97. The van der Waals surface area contributed by atoms with E-state index in [9.17, 15) is 9.59 Å². The van der Waals surface area contributed by atoms with Crippen LogP contribution in [0.15, 0.2) is 22.8 Å². The van der Waals surface area contributed by atoms with Gasteiger partial charge in [-0.05, 0) is 100 Å². The standard InChI is InChI=1S/C31H50N4O4Si/c1-21(39-40(5,6)30(2,3)4)29-34-20-22(38-29)19-33-28(37)26-24-12-11-23(31(24)13-14-31)25(26)27(36)32-15-7-8-16-35-17-9-10-18-35/h11-12,20-21,23-26H,7-10,13-19H2,1-6H3,(H,32,36)(H,33,37)/t21?,23-,24+,25-,26-/m1/s1. The summed E-state index contributed by atoms with van der Waals surface area (Å²) in [4.78, 5) is 34.0. The number of aromatic nitrogens is 1. The van der Waals surface area contributed by atoms with Crippen molar-refractivity contribution in [2.45, 2.75) is 97.0 Å². The van der Waals surface area contributed by atoms with Crippen LogP contribution in [0.4, 0.5) is 0 Å². The first kappa shape index (κ1) is 29.5. The number of carbonyl (C=O) groups is 2. The summed E-state index contributed by atoms with van der Waals surface area (Å²) in [5.41, 5.74) is 0.121. The summed E-state index contributed by atoms with van der Waals surface area (Å²) >= 11 is 0. The maximum atomic E-state index is 13.6. The minimum Gasteiger partial charge on any atom is -0.441 e. The molecule has 40 heavy (non-hydrogen) atoms. The molecule has 1 aromatic heterocycles. The number of nitrogens with one attached hydrogen (secondary N) is 2. The lowest BCUT2D eigenvalue weighted by Gasteiger charge is -2.37. The molecule has 222 valence electrons. The van der Waals surface area contributed by atoms with Gasteiger partial charge in [0.1, 0.15) is 11.9 Å². The zero-order valence-corrected chi connectivity index (χ0v) is 26.4.